The summed E-state index contributed by atoms with van der Waals surface area (Å²) in [5, 5.41) is 0.669. The Kier molecular flexibility index (Phi) is 3.74. The molecule has 1 aromatic heterocycles. The number of benzene rings is 2. The fourth-order valence-electron chi connectivity index (χ4n) is 2.31. The molecule has 0 fully saturated rings. The van der Waals surface area contributed by atoms with Gasteiger partial charge in [0.05, 0.1) is 22.2 Å². The van der Waals surface area contributed by atoms with E-state index in [1.54, 1.807) is 0 Å². The predicted molar refractivity (Wildman–Crippen MR) is 89.2 cm³/mol. The van der Waals surface area contributed by atoms with E-state index in [4.69, 9.17) is 28.6 Å². The second-order valence-electron chi connectivity index (χ2n) is 5.06. The van der Waals surface area contributed by atoms with Crippen molar-refractivity contribution < 1.29 is 4.74 Å². The molecule has 0 atom stereocenters. The first-order chi connectivity index (χ1) is 10.1. The molecule has 0 amide bonds. The van der Waals surface area contributed by atoms with Gasteiger partial charge in [-0.2, -0.15) is 0 Å². The summed E-state index contributed by atoms with van der Waals surface area (Å²) in [4.78, 5) is 3.18. The summed E-state index contributed by atoms with van der Waals surface area (Å²) >= 11 is 11.7. The van der Waals surface area contributed by atoms with Gasteiger partial charge >= 0.3 is 0 Å². The molecule has 3 nitrogen and oxygen atoms in total. The first-order valence-corrected chi connectivity index (χ1v) is 7.51. The Labute approximate surface area is 133 Å². The number of hydrogen-bond acceptors (Lipinski definition) is 2. The van der Waals surface area contributed by atoms with Crippen molar-refractivity contribution in [2.75, 3.05) is 0 Å². The molecule has 0 bridgehead atoms. The molecular weight excluding hydrogens is 304 g/mol. The Hall–Kier alpha value is -1.78. The van der Waals surface area contributed by atoms with E-state index in [1.807, 2.05) is 60.9 Å². The van der Waals surface area contributed by atoms with E-state index in [0.717, 1.165) is 22.5 Å². The summed E-state index contributed by atoms with van der Waals surface area (Å²) in [7, 11) is 0. The van der Waals surface area contributed by atoms with Gasteiger partial charge in [0.1, 0.15) is 5.75 Å². The molecule has 21 heavy (non-hydrogen) atoms. The van der Waals surface area contributed by atoms with Gasteiger partial charge in [0.2, 0.25) is 0 Å². The lowest BCUT2D eigenvalue weighted by molar-refractivity contribution is 0.242. The van der Waals surface area contributed by atoms with Gasteiger partial charge in [0, 0.05) is 5.69 Å². The van der Waals surface area contributed by atoms with E-state index in [2.05, 4.69) is 4.98 Å². The number of hydrogen-bond donors (Lipinski definition) is 1. The molecular formula is C16H15ClN2OS. The van der Waals surface area contributed by atoms with Crippen LogP contribution in [0.4, 0.5) is 0 Å². The van der Waals surface area contributed by atoms with Crippen molar-refractivity contribution in [1.29, 1.82) is 0 Å². The normalized spacial score (nSPS) is 11.2. The molecule has 3 aromatic rings. The fourth-order valence-corrected chi connectivity index (χ4v) is 2.87. The summed E-state index contributed by atoms with van der Waals surface area (Å²) in [5.74, 6) is 0.839. The molecule has 0 spiro atoms. The Balaban J connectivity index is 2.12. The third-order valence-corrected chi connectivity index (χ3v) is 3.71. The third kappa shape index (κ3) is 2.69. The summed E-state index contributed by atoms with van der Waals surface area (Å²) in [6.07, 6.45) is 0.153. The summed E-state index contributed by atoms with van der Waals surface area (Å²) < 4.78 is 8.22. The van der Waals surface area contributed by atoms with Crippen molar-refractivity contribution in [1.82, 2.24) is 9.55 Å². The molecule has 0 unspecified atom stereocenters. The zero-order chi connectivity index (χ0) is 15.0. The molecule has 0 aliphatic carbocycles. The maximum Gasteiger partial charge on any atom is 0.182 e. The van der Waals surface area contributed by atoms with Crippen molar-refractivity contribution in [2.24, 2.45) is 0 Å². The van der Waals surface area contributed by atoms with Crippen LogP contribution < -0.4 is 4.74 Å². The molecule has 3 rings (SSSR count). The van der Waals surface area contributed by atoms with Gasteiger partial charge in [-0.3, -0.25) is 4.57 Å². The van der Waals surface area contributed by atoms with Crippen molar-refractivity contribution >= 4 is 34.9 Å². The Morgan fingerprint density at radius 1 is 1.14 bits per heavy atom. The molecule has 108 valence electrons. The highest BCUT2D eigenvalue weighted by atomic mass is 35.5. The maximum absolute atomic E-state index is 6.31. The highest BCUT2D eigenvalue weighted by Gasteiger charge is 2.10. The molecule has 2 aromatic carbocycles. The van der Waals surface area contributed by atoms with Crippen LogP contribution in [0.5, 0.6) is 5.75 Å². The molecule has 0 saturated heterocycles. The van der Waals surface area contributed by atoms with Crippen LogP contribution in [0.25, 0.3) is 16.7 Å². The van der Waals surface area contributed by atoms with Crippen LogP contribution in [0.1, 0.15) is 13.8 Å². The van der Waals surface area contributed by atoms with E-state index >= 15 is 0 Å². The van der Waals surface area contributed by atoms with Crippen molar-refractivity contribution in [2.45, 2.75) is 20.0 Å². The smallest absolute Gasteiger partial charge is 0.182 e. The van der Waals surface area contributed by atoms with E-state index in [0.29, 0.717) is 9.79 Å². The van der Waals surface area contributed by atoms with Crippen LogP contribution in [0, 0.1) is 4.77 Å². The third-order valence-electron chi connectivity index (χ3n) is 3.12. The van der Waals surface area contributed by atoms with Crippen LogP contribution in [-0.2, 0) is 0 Å². The quantitative estimate of drug-likeness (QED) is 0.678. The van der Waals surface area contributed by atoms with Crippen LogP contribution in [0.3, 0.4) is 0 Å². The van der Waals surface area contributed by atoms with Crippen LogP contribution in [0.2, 0.25) is 5.02 Å². The Morgan fingerprint density at radius 3 is 2.52 bits per heavy atom. The molecule has 0 radical (unpaired) electrons. The second-order valence-corrected chi connectivity index (χ2v) is 5.86. The van der Waals surface area contributed by atoms with Gasteiger partial charge in [0.15, 0.2) is 4.77 Å². The van der Waals surface area contributed by atoms with Gasteiger partial charge in [0.25, 0.3) is 0 Å². The minimum Gasteiger partial charge on any atom is -0.491 e. The fraction of sp³-hybridized carbons (Fsp3) is 0.188. The summed E-state index contributed by atoms with van der Waals surface area (Å²) in [6.45, 7) is 4.01. The highest BCUT2D eigenvalue weighted by molar-refractivity contribution is 7.71. The monoisotopic (exact) mass is 318 g/mol. The number of aromatic amines is 1. The lowest BCUT2D eigenvalue weighted by Gasteiger charge is -2.11. The zero-order valence-corrected chi connectivity index (χ0v) is 13.3. The number of rotatable bonds is 3. The average molecular weight is 319 g/mol. The van der Waals surface area contributed by atoms with E-state index in [-0.39, 0.29) is 6.10 Å². The topological polar surface area (TPSA) is 29.9 Å². The summed E-state index contributed by atoms with van der Waals surface area (Å²) in [5.41, 5.74) is 2.77. The van der Waals surface area contributed by atoms with Gasteiger partial charge in [-0.1, -0.05) is 17.7 Å². The first kappa shape index (κ1) is 14.2. The van der Waals surface area contributed by atoms with Crippen molar-refractivity contribution in [3.05, 3.63) is 52.3 Å². The SMILES string of the molecule is CC(C)Oc1ccc(-n2c(=S)[nH]c3cccc(Cl)c32)cc1. The lowest BCUT2D eigenvalue weighted by Crippen LogP contribution is -2.05. The number of aromatic nitrogens is 2. The average Bonchev–Trinajstić information content (AvgIpc) is 2.77. The van der Waals surface area contributed by atoms with Crippen molar-refractivity contribution in [3.63, 3.8) is 0 Å². The molecule has 0 aliphatic heterocycles. The van der Waals surface area contributed by atoms with Crippen LogP contribution in [-0.4, -0.2) is 15.7 Å². The zero-order valence-electron chi connectivity index (χ0n) is 11.8. The van der Waals surface area contributed by atoms with E-state index < -0.39 is 0 Å². The molecule has 5 heteroatoms. The highest BCUT2D eigenvalue weighted by Crippen LogP contribution is 2.27. The number of H-pyrrole nitrogens is 1. The van der Waals surface area contributed by atoms with E-state index in [1.165, 1.54) is 0 Å². The van der Waals surface area contributed by atoms with Gasteiger partial charge in [-0.05, 0) is 62.5 Å². The number of para-hydroxylation sites is 1. The number of fused-ring (bicyclic) bond motifs is 1. The minimum atomic E-state index is 0.153. The number of ether oxygens (including phenoxy) is 1. The number of imidazole rings is 1. The maximum atomic E-state index is 6.31. The van der Waals surface area contributed by atoms with Gasteiger partial charge in [-0.25, -0.2) is 0 Å². The molecule has 1 heterocycles. The minimum absolute atomic E-state index is 0.153. The van der Waals surface area contributed by atoms with E-state index in [9.17, 15) is 0 Å². The second kappa shape index (κ2) is 5.54. The largest absolute Gasteiger partial charge is 0.491 e. The molecule has 0 aliphatic rings. The Bertz CT molecular complexity index is 834. The standard InChI is InChI=1S/C16H15ClN2OS/c1-10(2)20-12-8-6-11(7-9-12)19-15-13(17)4-3-5-14(15)18-16(19)21/h3-10H,1-2H3,(H,18,21). The number of nitrogens with one attached hydrogen (secondary N) is 1. The van der Waals surface area contributed by atoms with Crippen molar-refractivity contribution in [3.8, 4) is 11.4 Å². The van der Waals surface area contributed by atoms with Crippen LogP contribution >= 0.6 is 23.8 Å². The van der Waals surface area contributed by atoms with Gasteiger partial charge in [-0.15, -0.1) is 0 Å². The number of halogens is 1. The van der Waals surface area contributed by atoms with Crippen LogP contribution in [0.15, 0.2) is 42.5 Å². The lowest BCUT2D eigenvalue weighted by atomic mass is 10.2. The Morgan fingerprint density at radius 2 is 1.86 bits per heavy atom. The molecule has 1 N–H and O–H groups in total. The summed E-state index contributed by atoms with van der Waals surface area (Å²) in [6, 6.07) is 13.6. The van der Waals surface area contributed by atoms with Gasteiger partial charge < -0.3 is 9.72 Å². The first-order valence-electron chi connectivity index (χ1n) is 6.72. The predicted octanol–water partition coefficient (Wildman–Crippen LogP) is 5.13. The number of nitrogens with zero attached hydrogens (tertiary/aromatic N) is 1. The molecule has 0 saturated carbocycles.